The summed E-state index contributed by atoms with van der Waals surface area (Å²) in [5.74, 6) is 1.43. The molecule has 1 aromatic carbocycles. The zero-order chi connectivity index (χ0) is 19.7. The first-order chi connectivity index (χ1) is 13.6. The van der Waals surface area contributed by atoms with E-state index in [-0.39, 0.29) is 5.91 Å². The Kier molecular flexibility index (Phi) is 5.11. The monoisotopic (exact) mass is 377 g/mol. The van der Waals surface area contributed by atoms with Crippen LogP contribution in [0.25, 0.3) is 17.2 Å². The van der Waals surface area contributed by atoms with E-state index in [9.17, 15) is 4.79 Å². The van der Waals surface area contributed by atoms with Crippen LogP contribution in [-0.4, -0.2) is 43.0 Å². The van der Waals surface area contributed by atoms with E-state index in [2.05, 4.69) is 26.9 Å². The van der Waals surface area contributed by atoms with Crippen LogP contribution in [0.3, 0.4) is 0 Å². The zero-order valence-electron chi connectivity index (χ0n) is 16.9. The maximum Gasteiger partial charge on any atom is 0.253 e. The quantitative estimate of drug-likeness (QED) is 0.695. The van der Waals surface area contributed by atoms with Crippen LogP contribution in [0.1, 0.15) is 49.6 Å². The number of aromatic nitrogens is 4. The molecule has 1 saturated heterocycles. The standard InChI is InChI=1S/C22H27N5O/c1-4-18-12-8-9-13-26(18)20(28)14-19-15(2)23-22-24-21(25-27(22)16(19)3)17-10-6-5-7-11-17/h5-7,10-11,18H,4,8-9,12-14H2,1-3H3/t18-/m0/s1. The number of rotatable bonds is 4. The summed E-state index contributed by atoms with van der Waals surface area (Å²) in [6.45, 7) is 6.99. The fourth-order valence-corrected chi connectivity index (χ4v) is 4.18. The number of amides is 1. The van der Waals surface area contributed by atoms with Crippen molar-refractivity contribution >= 4 is 11.7 Å². The molecule has 0 aliphatic carbocycles. The number of fused-ring (bicyclic) bond motifs is 1. The van der Waals surface area contributed by atoms with Crippen LogP contribution in [0.15, 0.2) is 30.3 Å². The Morgan fingerprint density at radius 2 is 1.93 bits per heavy atom. The Balaban J connectivity index is 1.66. The van der Waals surface area contributed by atoms with Gasteiger partial charge in [-0.15, -0.1) is 5.10 Å². The molecule has 0 N–H and O–H groups in total. The van der Waals surface area contributed by atoms with Gasteiger partial charge in [0.15, 0.2) is 5.82 Å². The molecule has 1 aliphatic heterocycles. The van der Waals surface area contributed by atoms with Gasteiger partial charge in [0.05, 0.1) is 6.42 Å². The van der Waals surface area contributed by atoms with Gasteiger partial charge in [-0.05, 0) is 39.5 Å². The van der Waals surface area contributed by atoms with Crippen LogP contribution < -0.4 is 0 Å². The van der Waals surface area contributed by atoms with E-state index in [1.165, 1.54) is 6.42 Å². The van der Waals surface area contributed by atoms with Crippen LogP contribution in [0.5, 0.6) is 0 Å². The minimum Gasteiger partial charge on any atom is -0.339 e. The van der Waals surface area contributed by atoms with Gasteiger partial charge in [0.2, 0.25) is 5.91 Å². The van der Waals surface area contributed by atoms with E-state index < -0.39 is 0 Å². The molecule has 0 unspecified atom stereocenters. The molecule has 1 amide bonds. The summed E-state index contributed by atoms with van der Waals surface area (Å²) in [6, 6.07) is 10.3. The highest BCUT2D eigenvalue weighted by atomic mass is 16.2. The molecule has 0 saturated carbocycles. The first-order valence-corrected chi connectivity index (χ1v) is 10.2. The highest BCUT2D eigenvalue weighted by Gasteiger charge is 2.26. The van der Waals surface area contributed by atoms with Crippen molar-refractivity contribution in [1.82, 2.24) is 24.5 Å². The smallest absolute Gasteiger partial charge is 0.253 e. The third-order valence-corrected chi connectivity index (χ3v) is 5.83. The number of aryl methyl sites for hydroxylation is 2. The van der Waals surface area contributed by atoms with E-state index in [1.807, 2.05) is 44.2 Å². The van der Waals surface area contributed by atoms with Crippen molar-refractivity contribution in [1.29, 1.82) is 0 Å². The zero-order valence-corrected chi connectivity index (χ0v) is 16.9. The third-order valence-electron chi connectivity index (χ3n) is 5.83. The molecular formula is C22H27N5O. The van der Waals surface area contributed by atoms with Gasteiger partial charge in [-0.2, -0.15) is 4.98 Å². The Bertz CT molecular complexity index is 995. The molecule has 0 spiro atoms. The molecular weight excluding hydrogens is 350 g/mol. The van der Waals surface area contributed by atoms with Gasteiger partial charge in [-0.1, -0.05) is 37.3 Å². The first kappa shape index (κ1) is 18.6. The van der Waals surface area contributed by atoms with Gasteiger partial charge in [-0.3, -0.25) is 4.79 Å². The fourth-order valence-electron chi connectivity index (χ4n) is 4.18. The molecule has 1 aliphatic rings. The van der Waals surface area contributed by atoms with Crippen LogP contribution in [0.2, 0.25) is 0 Å². The summed E-state index contributed by atoms with van der Waals surface area (Å²) >= 11 is 0. The highest BCUT2D eigenvalue weighted by Crippen LogP contribution is 2.23. The summed E-state index contributed by atoms with van der Waals surface area (Å²) < 4.78 is 1.77. The van der Waals surface area contributed by atoms with E-state index in [0.29, 0.717) is 24.1 Å². The van der Waals surface area contributed by atoms with E-state index in [0.717, 1.165) is 48.3 Å². The minimum absolute atomic E-state index is 0.197. The number of piperidine rings is 1. The lowest BCUT2D eigenvalue weighted by atomic mass is 9.98. The maximum absolute atomic E-state index is 13.1. The SMILES string of the molecule is CC[C@H]1CCCCN1C(=O)Cc1c(C)nc2nc(-c3ccccc3)nn2c1C. The van der Waals surface area contributed by atoms with Gasteiger partial charge >= 0.3 is 0 Å². The van der Waals surface area contributed by atoms with Crippen molar-refractivity contribution in [2.75, 3.05) is 6.54 Å². The number of carbonyl (C=O) groups is 1. The summed E-state index contributed by atoms with van der Waals surface area (Å²) in [7, 11) is 0. The number of likely N-dealkylation sites (tertiary alicyclic amines) is 1. The number of carbonyl (C=O) groups excluding carboxylic acids is 1. The van der Waals surface area contributed by atoms with Crippen LogP contribution in [0.4, 0.5) is 0 Å². The molecule has 146 valence electrons. The second-order valence-corrected chi connectivity index (χ2v) is 7.60. The normalized spacial score (nSPS) is 17.2. The highest BCUT2D eigenvalue weighted by molar-refractivity contribution is 5.80. The predicted molar refractivity (Wildman–Crippen MR) is 109 cm³/mol. The Hall–Kier alpha value is -2.76. The van der Waals surface area contributed by atoms with Gasteiger partial charge in [0.25, 0.3) is 5.78 Å². The van der Waals surface area contributed by atoms with Crippen molar-refractivity contribution in [3.8, 4) is 11.4 Å². The maximum atomic E-state index is 13.1. The molecule has 28 heavy (non-hydrogen) atoms. The minimum atomic E-state index is 0.197. The van der Waals surface area contributed by atoms with Gasteiger partial charge < -0.3 is 4.90 Å². The van der Waals surface area contributed by atoms with Crippen LogP contribution in [-0.2, 0) is 11.2 Å². The van der Waals surface area contributed by atoms with Gasteiger partial charge in [0, 0.05) is 35.1 Å². The molecule has 6 nitrogen and oxygen atoms in total. The fraction of sp³-hybridized carbons (Fsp3) is 0.455. The topological polar surface area (TPSA) is 63.4 Å². The van der Waals surface area contributed by atoms with Crippen molar-refractivity contribution in [2.45, 2.75) is 58.9 Å². The molecule has 6 heteroatoms. The van der Waals surface area contributed by atoms with Crippen LogP contribution >= 0.6 is 0 Å². The number of hydrogen-bond acceptors (Lipinski definition) is 4. The summed E-state index contributed by atoms with van der Waals surface area (Å²) in [5.41, 5.74) is 3.72. The Morgan fingerprint density at radius 1 is 1.14 bits per heavy atom. The molecule has 2 aromatic heterocycles. The lowest BCUT2D eigenvalue weighted by Crippen LogP contribution is -2.44. The van der Waals surface area contributed by atoms with E-state index in [1.54, 1.807) is 4.52 Å². The largest absolute Gasteiger partial charge is 0.339 e. The summed E-state index contributed by atoms with van der Waals surface area (Å²) in [4.78, 5) is 24.4. The number of hydrogen-bond donors (Lipinski definition) is 0. The summed E-state index contributed by atoms with van der Waals surface area (Å²) in [5, 5.41) is 4.65. The van der Waals surface area contributed by atoms with E-state index >= 15 is 0 Å². The van der Waals surface area contributed by atoms with Crippen molar-refractivity contribution in [2.24, 2.45) is 0 Å². The van der Waals surface area contributed by atoms with Gasteiger partial charge in [0.1, 0.15) is 0 Å². The molecule has 3 aromatic rings. The molecule has 1 atom stereocenters. The predicted octanol–water partition coefficient (Wildman–Crippen LogP) is 3.74. The molecule has 1 fully saturated rings. The Morgan fingerprint density at radius 3 is 2.68 bits per heavy atom. The Labute approximate surface area is 165 Å². The average Bonchev–Trinajstić information content (AvgIpc) is 3.15. The molecule has 0 radical (unpaired) electrons. The average molecular weight is 377 g/mol. The molecule has 0 bridgehead atoms. The van der Waals surface area contributed by atoms with Crippen molar-refractivity contribution in [3.05, 3.63) is 47.3 Å². The van der Waals surface area contributed by atoms with Gasteiger partial charge in [-0.25, -0.2) is 9.50 Å². The number of benzene rings is 1. The van der Waals surface area contributed by atoms with E-state index in [4.69, 9.17) is 0 Å². The second kappa shape index (κ2) is 7.70. The lowest BCUT2D eigenvalue weighted by molar-refractivity contribution is -0.134. The number of nitrogens with zero attached hydrogens (tertiary/aromatic N) is 5. The third kappa shape index (κ3) is 3.39. The van der Waals surface area contributed by atoms with Crippen molar-refractivity contribution in [3.63, 3.8) is 0 Å². The first-order valence-electron chi connectivity index (χ1n) is 10.2. The molecule has 4 rings (SSSR count). The lowest BCUT2D eigenvalue weighted by Gasteiger charge is -2.35. The second-order valence-electron chi connectivity index (χ2n) is 7.60. The van der Waals surface area contributed by atoms with Crippen molar-refractivity contribution < 1.29 is 4.79 Å². The molecule has 3 heterocycles. The van der Waals surface area contributed by atoms with Crippen LogP contribution in [0, 0.1) is 13.8 Å². The summed E-state index contributed by atoms with van der Waals surface area (Å²) in [6.07, 6.45) is 4.82.